The van der Waals surface area contributed by atoms with Crippen molar-refractivity contribution in [3.8, 4) is 23.0 Å². The van der Waals surface area contributed by atoms with Gasteiger partial charge in [0.15, 0.2) is 47.3 Å². The molecule has 13 heterocycles. The summed E-state index contributed by atoms with van der Waals surface area (Å²) in [5, 5.41) is 1.03. The van der Waals surface area contributed by atoms with E-state index in [9.17, 15) is 25.9 Å². The first kappa shape index (κ1) is 61.7. The third kappa shape index (κ3) is 8.04. The Morgan fingerprint density at radius 1 is 0.385 bits per heavy atom. The molecular formula is C52H60Br2N16O18S2Zn. The first-order chi connectivity index (χ1) is 42.6. The van der Waals surface area contributed by atoms with E-state index in [1.54, 1.807) is 49.6 Å². The van der Waals surface area contributed by atoms with E-state index in [0.717, 1.165) is 0 Å². The van der Waals surface area contributed by atoms with Gasteiger partial charge >= 0.3 is 67.7 Å². The van der Waals surface area contributed by atoms with Crippen molar-refractivity contribution < 1.29 is 103 Å². The summed E-state index contributed by atoms with van der Waals surface area (Å²) in [7, 11) is -9.22. The Hall–Kier alpha value is -6.80. The van der Waals surface area contributed by atoms with Crippen LogP contribution in [0.2, 0.25) is 0 Å². The SMILES string of the molecule is CC12N3Cc4c(OCCBr)ccc(OCCBr)c4CN1C(=O)N1CN4C(=O)N5CN6C(=O)N7CN8C(=O)N9Cc%10c(OCCCS(=O)(=O)[O-])ccc(OCCCS(=O)(=O)[O-])c%10CN%10C(=O)N(CN%11C(=O)N(CN%12C(=O)N(CN(C3=O)C12C)C4C%125)C6C%117)C8(C)C%109C.[Zn+2]. The Labute approximate surface area is 550 Å². The van der Waals surface area contributed by atoms with E-state index >= 15 is 38.4 Å². The summed E-state index contributed by atoms with van der Waals surface area (Å²) in [6, 6.07) is 1.45. The van der Waals surface area contributed by atoms with Gasteiger partial charge in [0.25, 0.3) is 0 Å². The molecule has 0 atom stereocenters. The van der Waals surface area contributed by atoms with E-state index in [-0.39, 0.29) is 83.2 Å². The van der Waals surface area contributed by atoms with Crippen molar-refractivity contribution in [3.63, 3.8) is 0 Å². The summed E-state index contributed by atoms with van der Waals surface area (Å²) in [5.41, 5.74) is -4.38. The van der Waals surface area contributed by atoms with E-state index in [0.29, 0.717) is 57.6 Å². The van der Waals surface area contributed by atoms with Gasteiger partial charge in [-0.15, -0.1) is 0 Å². The molecule has 0 aliphatic carbocycles. The minimum absolute atomic E-state index is 0. The molecule has 13 aliphatic heterocycles. The van der Waals surface area contributed by atoms with Crippen molar-refractivity contribution in [2.75, 3.05) is 88.6 Å². The van der Waals surface area contributed by atoms with Gasteiger partial charge in [-0.05, 0) is 64.8 Å². The number of alkyl halides is 2. The summed E-state index contributed by atoms with van der Waals surface area (Å²) in [6.07, 6.45) is -5.21. The maximum Gasteiger partial charge on any atom is 2.00 e. The quantitative estimate of drug-likeness (QED) is 0.0993. The number of benzene rings is 2. The average Bonchev–Trinajstić information content (AvgIpc) is 1.50. The summed E-state index contributed by atoms with van der Waals surface area (Å²) in [5.74, 6) is -0.188. The molecule has 0 spiro atoms. The maximum atomic E-state index is 15.6. The minimum Gasteiger partial charge on any atom is -0.748 e. The largest absolute Gasteiger partial charge is 2.00 e. The molecule has 39 heteroatoms. The van der Waals surface area contributed by atoms with Crippen molar-refractivity contribution in [1.29, 1.82) is 0 Å². The molecule has 2 aromatic rings. The molecule has 15 rings (SSSR count). The first-order valence-corrected chi connectivity index (χ1v) is 34.5. The van der Waals surface area contributed by atoms with Gasteiger partial charge in [0.1, 0.15) is 63.0 Å². The van der Waals surface area contributed by atoms with Crippen LogP contribution < -0.4 is 18.9 Å². The van der Waals surface area contributed by atoms with Crippen LogP contribution in [0.15, 0.2) is 24.3 Å². The molecule has 11 saturated heterocycles. The van der Waals surface area contributed by atoms with Gasteiger partial charge in [0.2, 0.25) is 0 Å². The third-order valence-electron chi connectivity index (χ3n) is 20.9. The molecule has 0 unspecified atom stereocenters. The molecule has 2 aromatic carbocycles. The van der Waals surface area contributed by atoms with Gasteiger partial charge in [-0.3, -0.25) is 78.4 Å². The summed E-state index contributed by atoms with van der Waals surface area (Å²) in [4.78, 5) is 147. The van der Waals surface area contributed by atoms with Gasteiger partial charge in [0.05, 0.1) is 72.8 Å². The normalized spacial score (nSPS) is 30.5. The number of fused-ring (bicyclic) bond motifs is 2. The number of ether oxygens (including phenoxy) is 4. The fourth-order valence-corrected chi connectivity index (χ4v) is 17.6. The molecule has 11 fully saturated rings. The Morgan fingerprint density at radius 2 is 0.604 bits per heavy atom. The smallest absolute Gasteiger partial charge is 0.748 e. The number of amides is 16. The second kappa shape index (κ2) is 20.6. The molecule has 91 heavy (non-hydrogen) atoms. The van der Waals surface area contributed by atoms with Crippen LogP contribution in [0, 0.1) is 0 Å². The van der Waals surface area contributed by atoms with Crippen LogP contribution >= 0.6 is 31.9 Å². The van der Waals surface area contributed by atoms with Crippen LogP contribution in [0.5, 0.6) is 23.0 Å². The standard InChI is InChI=1S/C52H62Br2N16O18S2.Zn/c1-49-51(3)67-25-59-39-37-55(41(59)71)23-57-38-40-61(43(57)73)27-69-47(77)65-21-31-32(36(88-16-12-54)10-9-35(31)87-15-11-53)22-66-48(78)70(52(69,4)50(65,66)2)28-62(40)44(74)58(38)24-56(37)42(72)60(39)26-68(51)46(76)64(49)20-30-29(19-63(49)45(67)75)33(85-13-5-17-89(79,80)81)7-8-34(30)86-14-6-18-90(82,83)84;/h7-10,37-40H,5-6,11-28H2,1-4H3,(H,79,80,81)(H,82,83,84);/q;+2/p-2. The van der Waals surface area contributed by atoms with E-state index in [4.69, 9.17) is 18.9 Å². The summed E-state index contributed by atoms with van der Waals surface area (Å²) in [6.45, 7) is 3.49. The van der Waals surface area contributed by atoms with E-state index < -0.39 is 167 Å². The predicted molar refractivity (Wildman–Crippen MR) is 306 cm³/mol. The maximum absolute atomic E-state index is 15.6. The predicted octanol–water partition coefficient (Wildman–Crippen LogP) is 1.44. The molecule has 0 aromatic heterocycles. The Kier molecular flexibility index (Phi) is 14.0. The molecule has 0 saturated carbocycles. The number of carbonyl (C=O) groups excluding carboxylic acids is 8. The Balaban J connectivity index is 0.00000721. The minimum atomic E-state index is -4.61. The molecule has 13 aliphatic rings. The van der Waals surface area contributed by atoms with Gasteiger partial charge in [-0.2, -0.15) is 0 Å². The van der Waals surface area contributed by atoms with Crippen LogP contribution in [-0.4, -0.2) is 289 Å². The number of urea groups is 8. The van der Waals surface area contributed by atoms with Crippen LogP contribution in [-0.2, 0) is 65.9 Å². The fraction of sp³-hybridized carbons (Fsp3) is 0.615. The van der Waals surface area contributed by atoms with Crippen LogP contribution in [0.4, 0.5) is 38.4 Å². The summed E-state index contributed by atoms with van der Waals surface area (Å²) >= 11 is 6.87. The van der Waals surface area contributed by atoms with Crippen molar-refractivity contribution in [2.45, 2.75) is 114 Å². The van der Waals surface area contributed by atoms with Gasteiger partial charge in [-0.1, -0.05) is 31.9 Å². The second-order valence-electron chi connectivity index (χ2n) is 24.7. The first-order valence-electron chi connectivity index (χ1n) is 29.1. The Morgan fingerprint density at radius 3 is 0.835 bits per heavy atom. The number of hydrogen-bond acceptors (Lipinski definition) is 18. The topological polar surface area (TPSA) is 340 Å². The monoisotopic (exact) mass is 1480 g/mol. The van der Waals surface area contributed by atoms with E-state index in [1.807, 2.05) is 0 Å². The Bertz CT molecular complexity index is 3620. The zero-order valence-corrected chi connectivity index (χ0v) is 57.3. The van der Waals surface area contributed by atoms with Crippen molar-refractivity contribution in [2.24, 2.45) is 0 Å². The summed E-state index contributed by atoms with van der Waals surface area (Å²) < 4.78 is 93.7. The number of carbonyl (C=O) groups is 8. The number of rotatable bonds is 16. The number of hydrogen-bond donors (Lipinski definition) is 0. The third-order valence-corrected chi connectivity index (χ3v) is 23.1. The van der Waals surface area contributed by atoms with E-state index in [1.165, 1.54) is 80.7 Å². The van der Waals surface area contributed by atoms with Crippen LogP contribution in [0.1, 0.15) is 62.8 Å². The van der Waals surface area contributed by atoms with Gasteiger partial charge < -0.3 is 28.1 Å². The van der Waals surface area contributed by atoms with Crippen LogP contribution in [0.25, 0.3) is 0 Å². The molecule has 34 nitrogen and oxygen atoms in total. The molecule has 484 valence electrons. The van der Waals surface area contributed by atoms with Gasteiger partial charge in [-0.25, -0.2) is 55.2 Å². The van der Waals surface area contributed by atoms with Gasteiger partial charge in [0, 0.05) is 44.4 Å². The molecule has 0 radical (unpaired) electrons. The van der Waals surface area contributed by atoms with Crippen molar-refractivity contribution >= 4 is 100 Å². The molecule has 0 N–H and O–H groups in total. The van der Waals surface area contributed by atoms with E-state index in [2.05, 4.69) is 31.9 Å². The molecule has 16 amide bonds. The zero-order valence-electron chi connectivity index (χ0n) is 49.5. The van der Waals surface area contributed by atoms with Crippen molar-refractivity contribution in [1.82, 2.24) is 78.4 Å². The molecule has 0 bridgehead atoms. The zero-order chi connectivity index (χ0) is 63.6. The number of nitrogens with zero attached hydrogens (tertiary/aromatic N) is 16. The number of halogens is 2. The fourth-order valence-electron chi connectivity index (χ4n) is 16.3. The second-order valence-corrected chi connectivity index (χ2v) is 29.3. The van der Waals surface area contributed by atoms with Crippen molar-refractivity contribution in [3.05, 3.63) is 46.5 Å². The average molecular weight is 1490 g/mol. The molecular weight excluding hydrogens is 1430 g/mol. The van der Waals surface area contributed by atoms with Crippen LogP contribution in [0.3, 0.4) is 0 Å².